The number of pyridine rings is 2. The largest absolute Gasteiger partial charge is 0.375 e. The first-order chi connectivity index (χ1) is 15.4. The Morgan fingerprint density at radius 3 is 2.69 bits per heavy atom. The summed E-state index contributed by atoms with van der Waals surface area (Å²) in [7, 11) is 0. The maximum Gasteiger partial charge on any atom is 0.329 e. The molecule has 5 rings (SSSR count). The van der Waals surface area contributed by atoms with E-state index in [1.165, 1.54) is 0 Å². The zero-order valence-corrected chi connectivity index (χ0v) is 19.0. The van der Waals surface area contributed by atoms with Gasteiger partial charge in [0.05, 0.1) is 22.1 Å². The predicted molar refractivity (Wildman–Crippen MR) is 129 cm³/mol. The van der Waals surface area contributed by atoms with Crippen LogP contribution >= 0.6 is 11.3 Å². The first-order valence-corrected chi connectivity index (χ1v) is 11.8. The fraction of sp³-hybridized carbons (Fsp3) is 0.333. The van der Waals surface area contributed by atoms with Crippen molar-refractivity contribution in [2.45, 2.75) is 32.7 Å². The molecule has 0 aromatic carbocycles. The molecule has 164 valence electrons. The summed E-state index contributed by atoms with van der Waals surface area (Å²) in [5, 5.41) is 4.42. The zero-order valence-electron chi connectivity index (χ0n) is 18.2. The van der Waals surface area contributed by atoms with Gasteiger partial charge in [0.1, 0.15) is 5.52 Å². The number of piperidine rings is 1. The van der Waals surface area contributed by atoms with Crippen LogP contribution in [-0.4, -0.2) is 37.5 Å². The highest BCUT2D eigenvalue weighted by molar-refractivity contribution is 7.08. The van der Waals surface area contributed by atoms with Gasteiger partial charge in [-0.25, -0.2) is 9.78 Å². The van der Waals surface area contributed by atoms with Crippen LogP contribution in [0.25, 0.3) is 33.2 Å². The number of likely N-dealkylation sites (tertiary alicyclic amines) is 1. The van der Waals surface area contributed by atoms with Crippen LogP contribution in [0.15, 0.2) is 57.0 Å². The third-order valence-corrected chi connectivity index (χ3v) is 7.01. The van der Waals surface area contributed by atoms with Gasteiger partial charge in [0.25, 0.3) is 5.56 Å². The maximum absolute atomic E-state index is 13.1. The molecule has 4 aromatic heterocycles. The molecule has 0 atom stereocenters. The minimum atomic E-state index is -0.427. The van der Waals surface area contributed by atoms with Crippen LogP contribution in [0, 0.1) is 5.92 Å². The summed E-state index contributed by atoms with van der Waals surface area (Å²) in [6.45, 7) is 10.2. The van der Waals surface area contributed by atoms with Gasteiger partial charge in [-0.15, -0.1) is 0 Å². The number of fused-ring (bicyclic) bond motifs is 3. The maximum atomic E-state index is 13.1. The lowest BCUT2D eigenvalue weighted by atomic mass is 10.0. The molecule has 0 radical (unpaired) electrons. The number of H-pyrrole nitrogens is 1. The molecule has 0 unspecified atom stereocenters. The molecule has 0 saturated carbocycles. The number of hydrogen-bond donors (Lipinski definition) is 1. The molecule has 7 nitrogen and oxygen atoms in total. The molecule has 8 heteroatoms. The van der Waals surface area contributed by atoms with Crippen LogP contribution in [0.5, 0.6) is 0 Å². The zero-order chi connectivity index (χ0) is 22.4. The van der Waals surface area contributed by atoms with Crippen LogP contribution in [0.3, 0.4) is 0 Å². The van der Waals surface area contributed by atoms with Gasteiger partial charge in [0.2, 0.25) is 0 Å². The summed E-state index contributed by atoms with van der Waals surface area (Å²) in [6, 6.07) is 5.80. The second kappa shape index (κ2) is 8.02. The van der Waals surface area contributed by atoms with E-state index in [0.29, 0.717) is 27.9 Å². The van der Waals surface area contributed by atoms with E-state index in [9.17, 15) is 9.59 Å². The summed E-state index contributed by atoms with van der Waals surface area (Å²) in [4.78, 5) is 39.8. The first kappa shape index (κ1) is 20.6. The van der Waals surface area contributed by atoms with E-state index in [-0.39, 0.29) is 11.7 Å². The highest BCUT2D eigenvalue weighted by atomic mass is 32.1. The van der Waals surface area contributed by atoms with E-state index in [1.807, 2.05) is 29.0 Å². The fourth-order valence-electron chi connectivity index (χ4n) is 4.49. The number of hydrogen-bond acceptors (Lipinski definition) is 6. The number of allylic oxidation sites excluding steroid dienone is 1. The van der Waals surface area contributed by atoms with Crippen molar-refractivity contribution in [3.8, 4) is 11.3 Å². The molecule has 4 aromatic rings. The van der Waals surface area contributed by atoms with E-state index >= 15 is 0 Å². The number of aromatic amines is 1. The molecule has 1 aliphatic heterocycles. The molecule has 1 fully saturated rings. The van der Waals surface area contributed by atoms with Gasteiger partial charge >= 0.3 is 5.69 Å². The molecule has 0 amide bonds. The van der Waals surface area contributed by atoms with Gasteiger partial charge in [-0.3, -0.25) is 19.3 Å². The molecule has 1 aliphatic rings. The molecule has 1 N–H and O–H groups in total. The van der Waals surface area contributed by atoms with E-state index in [2.05, 4.69) is 35.3 Å². The minimum absolute atomic E-state index is 0.0322. The van der Waals surface area contributed by atoms with Crippen molar-refractivity contribution >= 4 is 33.3 Å². The summed E-state index contributed by atoms with van der Waals surface area (Å²) in [6.07, 6.45) is 3.13. The highest BCUT2D eigenvalue weighted by Crippen LogP contribution is 2.30. The second-order valence-electron chi connectivity index (χ2n) is 8.59. The average Bonchev–Trinajstić information content (AvgIpc) is 3.33. The Labute approximate surface area is 189 Å². The number of thiophene rings is 1. The topological polar surface area (TPSA) is 83.9 Å². The molecule has 0 bridgehead atoms. The second-order valence-corrected chi connectivity index (χ2v) is 9.37. The smallest absolute Gasteiger partial charge is 0.329 e. The Bertz CT molecular complexity index is 1430. The van der Waals surface area contributed by atoms with E-state index in [4.69, 9.17) is 4.98 Å². The normalized spacial score (nSPS) is 15.2. The van der Waals surface area contributed by atoms with Gasteiger partial charge in [-0.1, -0.05) is 20.4 Å². The van der Waals surface area contributed by atoms with Crippen molar-refractivity contribution in [3.63, 3.8) is 0 Å². The van der Waals surface area contributed by atoms with Crippen LogP contribution in [0.1, 0.15) is 32.7 Å². The van der Waals surface area contributed by atoms with Gasteiger partial charge in [0.15, 0.2) is 0 Å². The Morgan fingerprint density at radius 2 is 2.00 bits per heavy atom. The van der Waals surface area contributed by atoms with E-state index in [1.54, 1.807) is 22.1 Å². The molecule has 0 spiro atoms. The van der Waals surface area contributed by atoms with E-state index < -0.39 is 5.56 Å². The minimum Gasteiger partial charge on any atom is -0.375 e. The summed E-state index contributed by atoms with van der Waals surface area (Å²) >= 11 is 1.60. The third kappa shape index (κ3) is 3.44. The number of aromatic nitrogens is 4. The Kier molecular flexibility index (Phi) is 5.17. The average molecular weight is 448 g/mol. The quantitative estimate of drug-likeness (QED) is 0.475. The van der Waals surface area contributed by atoms with Gasteiger partial charge in [-0.2, -0.15) is 11.3 Å². The summed E-state index contributed by atoms with van der Waals surface area (Å²) in [5.41, 5.74) is 3.94. The summed E-state index contributed by atoms with van der Waals surface area (Å²) in [5.74, 6) is 0.387. The molecule has 1 saturated heterocycles. The lowest BCUT2D eigenvalue weighted by Gasteiger charge is -2.37. The Morgan fingerprint density at radius 1 is 1.22 bits per heavy atom. The number of nitrogens with one attached hydrogen (secondary N) is 1. The SMILES string of the molecule is C=C(C(C)C)N1CCC(n2c(=O)[nH]c(=O)c3cnc4ccc(-c5ccsc5)nc4c32)CC1. The van der Waals surface area contributed by atoms with Gasteiger partial charge < -0.3 is 4.90 Å². The molecule has 32 heavy (non-hydrogen) atoms. The van der Waals surface area contributed by atoms with Crippen LogP contribution in [0.4, 0.5) is 0 Å². The lowest BCUT2D eigenvalue weighted by molar-refractivity contribution is 0.214. The van der Waals surface area contributed by atoms with Crippen molar-refractivity contribution in [2.75, 3.05) is 13.1 Å². The number of rotatable bonds is 4. The highest BCUT2D eigenvalue weighted by Gasteiger charge is 2.26. The lowest BCUT2D eigenvalue weighted by Crippen LogP contribution is -2.40. The van der Waals surface area contributed by atoms with E-state index in [0.717, 1.165) is 42.9 Å². The molecular weight excluding hydrogens is 422 g/mol. The van der Waals surface area contributed by atoms with Crippen molar-refractivity contribution < 1.29 is 0 Å². The number of nitrogens with zero attached hydrogens (tertiary/aromatic N) is 4. The molecular formula is C24H25N5O2S. The van der Waals surface area contributed by atoms with Gasteiger partial charge in [0, 0.05) is 42.0 Å². The molecule has 5 heterocycles. The summed E-state index contributed by atoms with van der Waals surface area (Å²) < 4.78 is 1.74. The van der Waals surface area contributed by atoms with Crippen LogP contribution in [0.2, 0.25) is 0 Å². The fourth-order valence-corrected chi connectivity index (χ4v) is 5.13. The Hall–Kier alpha value is -3.26. The first-order valence-electron chi connectivity index (χ1n) is 10.8. The predicted octanol–water partition coefficient (Wildman–Crippen LogP) is 4.17. The Balaban J connectivity index is 1.67. The van der Waals surface area contributed by atoms with Crippen LogP contribution in [-0.2, 0) is 0 Å². The third-order valence-electron chi connectivity index (χ3n) is 6.33. The molecule has 0 aliphatic carbocycles. The van der Waals surface area contributed by atoms with Crippen LogP contribution < -0.4 is 11.2 Å². The van der Waals surface area contributed by atoms with Crippen molar-refractivity contribution in [1.29, 1.82) is 0 Å². The van der Waals surface area contributed by atoms with Gasteiger partial charge in [-0.05, 0) is 42.3 Å². The van der Waals surface area contributed by atoms with Crippen molar-refractivity contribution in [3.05, 3.63) is 68.3 Å². The standard InChI is InChI=1S/C24H25N5O2S/c1-14(2)15(3)28-9-6-17(7-10-28)29-22-18(23(30)27-24(29)31)12-25-20-5-4-19(26-21(20)22)16-8-11-32-13-16/h4-5,8,11-14,17H,3,6-7,9-10H2,1-2H3,(H,27,30,31). The van der Waals surface area contributed by atoms with Crippen molar-refractivity contribution in [2.24, 2.45) is 5.92 Å². The monoisotopic (exact) mass is 447 g/mol. The van der Waals surface area contributed by atoms with Crippen molar-refractivity contribution in [1.82, 2.24) is 24.4 Å².